The minimum Gasteiger partial charge on any atom is -0.492 e. The first kappa shape index (κ1) is 22.9. The highest BCUT2D eigenvalue weighted by Gasteiger charge is 2.39. The molecular weight excluding hydrogens is 436 g/mol. The second kappa shape index (κ2) is 8.27. The van der Waals surface area contributed by atoms with E-state index >= 15 is 0 Å². The highest BCUT2D eigenvalue weighted by molar-refractivity contribution is 5.97. The largest absolute Gasteiger partial charge is 0.492 e. The summed E-state index contributed by atoms with van der Waals surface area (Å²) in [6.07, 6.45) is 3.84. The number of aryl methyl sites for hydroxylation is 1. The van der Waals surface area contributed by atoms with Crippen molar-refractivity contribution in [1.29, 1.82) is 0 Å². The Bertz CT molecular complexity index is 1210. The van der Waals surface area contributed by atoms with Gasteiger partial charge in [0.25, 0.3) is 17.4 Å². The molecule has 2 N–H and O–H groups in total. The lowest BCUT2D eigenvalue weighted by Gasteiger charge is -2.15. The van der Waals surface area contributed by atoms with Crippen molar-refractivity contribution < 1.29 is 23.5 Å². The molecular formula is C22H27F2N5O4. The highest BCUT2D eigenvalue weighted by Crippen LogP contribution is 2.28. The number of aromatic nitrogens is 3. The van der Waals surface area contributed by atoms with Gasteiger partial charge in [0.1, 0.15) is 5.65 Å². The molecule has 2 amide bonds. The molecule has 1 saturated carbocycles. The number of aromatic hydroxyl groups is 1. The first-order chi connectivity index (χ1) is 15.5. The molecule has 9 nitrogen and oxygen atoms in total. The summed E-state index contributed by atoms with van der Waals surface area (Å²) in [5.41, 5.74) is -0.0351. The van der Waals surface area contributed by atoms with Crippen molar-refractivity contribution >= 4 is 23.5 Å². The predicted molar refractivity (Wildman–Crippen MR) is 116 cm³/mol. The zero-order valence-electron chi connectivity index (χ0n) is 18.8. The minimum atomic E-state index is -2.90. The second-order valence-electron chi connectivity index (χ2n) is 9.19. The molecule has 0 bridgehead atoms. The van der Waals surface area contributed by atoms with Gasteiger partial charge in [0.2, 0.25) is 11.8 Å². The van der Waals surface area contributed by atoms with E-state index in [4.69, 9.17) is 0 Å². The summed E-state index contributed by atoms with van der Waals surface area (Å²) in [6, 6.07) is -0.00706. The number of nitrogens with one attached hydrogen (secondary N) is 1. The highest BCUT2D eigenvalue weighted by atomic mass is 19.3. The van der Waals surface area contributed by atoms with Crippen LogP contribution in [0.1, 0.15) is 54.7 Å². The van der Waals surface area contributed by atoms with E-state index in [-0.39, 0.29) is 42.7 Å². The number of hydrogen-bond acceptors (Lipinski definition) is 5. The molecule has 4 rings (SSSR count). The maximum Gasteiger partial charge on any atom is 0.270 e. The fourth-order valence-corrected chi connectivity index (χ4v) is 3.96. The summed E-state index contributed by atoms with van der Waals surface area (Å²) in [6.45, 7) is 4.99. The Morgan fingerprint density at radius 1 is 1.33 bits per heavy atom. The van der Waals surface area contributed by atoms with Crippen LogP contribution in [0.2, 0.25) is 0 Å². The van der Waals surface area contributed by atoms with E-state index in [9.17, 15) is 28.3 Å². The molecule has 0 radical (unpaired) electrons. The van der Waals surface area contributed by atoms with Gasteiger partial charge in [-0.25, -0.2) is 8.78 Å². The van der Waals surface area contributed by atoms with Crippen LogP contribution in [0.4, 0.5) is 8.78 Å². The van der Waals surface area contributed by atoms with Gasteiger partial charge >= 0.3 is 0 Å². The van der Waals surface area contributed by atoms with Crippen LogP contribution in [0.25, 0.3) is 11.7 Å². The molecule has 1 saturated heterocycles. The van der Waals surface area contributed by atoms with E-state index in [2.05, 4.69) is 10.4 Å². The molecule has 1 aliphatic heterocycles. The Hall–Kier alpha value is -3.24. The second-order valence-corrected chi connectivity index (χ2v) is 9.19. The van der Waals surface area contributed by atoms with Crippen LogP contribution in [0, 0.1) is 12.8 Å². The van der Waals surface area contributed by atoms with Gasteiger partial charge in [-0.2, -0.15) is 9.61 Å². The van der Waals surface area contributed by atoms with Crippen molar-refractivity contribution in [3.8, 4) is 5.88 Å². The Kier molecular flexibility index (Phi) is 5.75. The van der Waals surface area contributed by atoms with Crippen LogP contribution < -0.4 is 10.9 Å². The topological polar surface area (TPSA) is 109 Å². The SMILES string of the molecule is Cc1nn2c(O)c(C(=O)NC3CC3)c(=O)n(CC(C)C)c2c1/C=C/C(=O)N1CCC(F)(F)C1. The van der Waals surface area contributed by atoms with Gasteiger partial charge < -0.3 is 15.3 Å². The summed E-state index contributed by atoms with van der Waals surface area (Å²) < 4.78 is 29.4. The van der Waals surface area contributed by atoms with E-state index in [1.165, 1.54) is 16.7 Å². The summed E-state index contributed by atoms with van der Waals surface area (Å²) >= 11 is 0. The number of rotatable bonds is 6. The van der Waals surface area contributed by atoms with E-state index in [1.54, 1.807) is 6.92 Å². The van der Waals surface area contributed by atoms with Gasteiger partial charge in [-0.3, -0.25) is 19.0 Å². The molecule has 178 valence electrons. The number of fused-ring (bicyclic) bond motifs is 1. The van der Waals surface area contributed by atoms with Gasteiger partial charge in [-0.05, 0) is 31.8 Å². The van der Waals surface area contributed by atoms with E-state index in [1.807, 2.05) is 13.8 Å². The Balaban J connectivity index is 1.79. The monoisotopic (exact) mass is 463 g/mol. The number of hydrogen-bond donors (Lipinski definition) is 2. The van der Waals surface area contributed by atoms with Gasteiger partial charge in [-0.15, -0.1) is 0 Å². The molecule has 3 heterocycles. The van der Waals surface area contributed by atoms with Crippen LogP contribution >= 0.6 is 0 Å². The number of amides is 2. The molecule has 0 atom stereocenters. The smallest absolute Gasteiger partial charge is 0.270 e. The van der Waals surface area contributed by atoms with Crippen molar-refractivity contribution in [2.75, 3.05) is 13.1 Å². The minimum absolute atomic E-state index is 0.00706. The molecule has 0 aromatic carbocycles. The summed E-state index contributed by atoms with van der Waals surface area (Å²) in [5.74, 6) is -4.69. The third-order valence-corrected chi connectivity index (χ3v) is 5.78. The van der Waals surface area contributed by atoms with Crippen LogP contribution in [0.15, 0.2) is 10.9 Å². The van der Waals surface area contributed by atoms with Crippen LogP contribution in [-0.2, 0) is 11.3 Å². The first-order valence-electron chi connectivity index (χ1n) is 11.0. The number of halogens is 2. The van der Waals surface area contributed by atoms with Crippen molar-refractivity contribution in [3.05, 3.63) is 33.3 Å². The standard InChI is InChI=1S/C22H27F2N5O4/c1-12(2)10-28-19-15(6-7-16(30)27-9-8-22(23,24)11-27)13(3)26-29(19)21(33)17(20(28)32)18(31)25-14-4-5-14/h6-7,12,14,33H,4-5,8-11H2,1-3H3,(H,25,31)/b7-6+. The third-order valence-electron chi connectivity index (χ3n) is 5.78. The van der Waals surface area contributed by atoms with Crippen LogP contribution in [0.3, 0.4) is 0 Å². The zero-order valence-corrected chi connectivity index (χ0v) is 18.8. The molecule has 33 heavy (non-hydrogen) atoms. The van der Waals surface area contributed by atoms with E-state index in [0.29, 0.717) is 11.3 Å². The van der Waals surface area contributed by atoms with E-state index < -0.39 is 35.7 Å². The number of nitrogens with zero attached hydrogens (tertiary/aromatic N) is 4. The molecule has 1 aliphatic carbocycles. The Labute approximate surface area is 188 Å². The lowest BCUT2D eigenvalue weighted by Crippen LogP contribution is -2.36. The summed E-state index contributed by atoms with van der Waals surface area (Å²) in [4.78, 5) is 39.5. The maximum atomic E-state index is 13.5. The molecule has 11 heteroatoms. The quantitative estimate of drug-likeness (QED) is 0.637. The maximum absolute atomic E-state index is 13.5. The fraction of sp³-hybridized carbons (Fsp3) is 0.545. The Morgan fingerprint density at radius 2 is 2.03 bits per heavy atom. The van der Waals surface area contributed by atoms with Crippen molar-refractivity contribution in [2.45, 2.75) is 58.5 Å². The Morgan fingerprint density at radius 3 is 2.61 bits per heavy atom. The van der Waals surface area contributed by atoms with Crippen molar-refractivity contribution in [2.24, 2.45) is 5.92 Å². The lowest BCUT2D eigenvalue weighted by atomic mass is 10.1. The summed E-state index contributed by atoms with van der Waals surface area (Å²) in [7, 11) is 0. The zero-order chi connectivity index (χ0) is 24.1. The van der Waals surface area contributed by atoms with Crippen LogP contribution in [-0.4, -0.2) is 61.1 Å². The molecule has 2 aromatic rings. The molecule has 0 spiro atoms. The van der Waals surface area contributed by atoms with Gasteiger partial charge in [0.15, 0.2) is 5.56 Å². The normalized spacial score (nSPS) is 18.1. The molecule has 2 fully saturated rings. The third kappa shape index (κ3) is 4.49. The average Bonchev–Trinajstić information content (AvgIpc) is 3.36. The molecule has 2 aliphatic rings. The molecule has 2 aromatic heterocycles. The number of carbonyl (C=O) groups excluding carboxylic acids is 2. The molecule has 0 unspecified atom stereocenters. The first-order valence-corrected chi connectivity index (χ1v) is 11.0. The number of carbonyl (C=O) groups is 2. The van der Waals surface area contributed by atoms with Crippen LogP contribution in [0.5, 0.6) is 5.88 Å². The number of likely N-dealkylation sites (tertiary alicyclic amines) is 1. The lowest BCUT2D eigenvalue weighted by molar-refractivity contribution is -0.126. The van der Waals surface area contributed by atoms with Gasteiger partial charge in [0, 0.05) is 37.2 Å². The van der Waals surface area contributed by atoms with E-state index in [0.717, 1.165) is 22.3 Å². The predicted octanol–water partition coefficient (Wildman–Crippen LogP) is 1.94. The van der Waals surface area contributed by atoms with Gasteiger partial charge in [0.05, 0.1) is 12.2 Å². The van der Waals surface area contributed by atoms with Crippen molar-refractivity contribution in [1.82, 2.24) is 24.4 Å². The average molecular weight is 463 g/mol. The van der Waals surface area contributed by atoms with Gasteiger partial charge in [-0.1, -0.05) is 13.8 Å². The fourth-order valence-electron chi connectivity index (χ4n) is 3.96. The number of alkyl halides is 2. The van der Waals surface area contributed by atoms with Crippen molar-refractivity contribution in [3.63, 3.8) is 0 Å². The summed E-state index contributed by atoms with van der Waals surface area (Å²) in [5, 5.41) is 17.8.